The molecule has 9 heteroatoms. The van der Waals surface area contributed by atoms with E-state index in [0.717, 1.165) is 12.1 Å². The number of alkyl halides is 3. The number of amides is 1. The van der Waals surface area contributed by atoms with Gasteiger partial charge in [0.15, 0.2) is 11.6 Å². The van der Waals surface area contributed by atoms with Crippen LogP contribution in [0, 0.1) is 6.92 Å². The smallest absolute Gasteiger partial charge is 0.416 e. The molecule has 0 aliphatic carbocycles. The largest absolute Gasteiger partial charge is 0.461 e. The van der Waals surface area contributed by atoms with Crippen LogP contribution in [0.1, 0.15) is 27.2 Å². The van der Waals surface area contributed by atoms with Crippen LogP contribution in [0.15, 0.2) is 52.1 Å². The molecular weight excluding hydrogens is 391 g/mol. The lowest BCUT2D eigenvalue weighted by atomic mass is 10.1. The summed E-state index contributed by atoms with van der Waals surface area (Å²) in [6, 6.07) is 8.09. The van der Waals surface area contributed by atoms with Crippen LogP contribution in [0.4, 0.5) is 13.2 Å². The van der Waals surface area contributed by atoms with E-state index < -0.39 is 17.6 Å². The van der Waals surface area contributed by atoms with Crippen LogP contribution in [-0.2, 0) is 12.7 Å². The van der Waals surface area contributed by atoms with E-state index in [1.165, 1.54) is 30.2 Å². The van der Waals surface area contributed by atoms with E-state index in [9.17, 15) is 18.0 Å². The van der Waals surface area contributed by atoms with Gasteiger partial charge in [-0.2, -0.15) is 13.2 Å². The minimum atomic E-state index is -4.39. The number of carbonyl (C=O) groups is 1. The normalized spacial score (nSPS) is 11.5. The average Bonchev–Trinajstić information content (AvgIpc) is 3.20. The summed E-state index contributed by atoms with van der Waals surface area (Å²) in [6.07, 6.45) is -1.09. The first-order chi connectivity index (χ1) is 13.3. The van der Waals surface area contributed by atoms with Crippen LogP contribution >= 0.6 is 11.8 Å². The molecule has 28 heavy (non-hydrogen) atoms. The molecule has 0 radical (unpaired) electrons. The van der Waals surface area contributed by atoms with Gasteiger partial charge in [-0.1, -0.05) is 12.1 Å². The Morgan fingerprint density at radius 1 is 1.18 bits per heavy atom. The molecule has 1 amide bonds. The zero-order chi connectivity index (χ0) is 20.3. The standard InChI is InChI=1S/C19H16F3N3O2S/c1-11-15(18(28-2)25-16(24-11)14-4-3-9-27-14)17(26)23-10-12-5-7-13(8-6-12)19(20,21)22/h3-9H,10H2,1-2H3,(H,23,26). The minimum absolute atomic E-state index is 0.0875. The first kappa shape index (κ1) is 19.9. The van der Waals surface area contributed by atoms with Crippen molar-refractivity contribution in [1.29, 1.82) is 0 Å². The number of hydrogen-bond acceptors (Lipinski definition) is 5. The maximum atomic E-state index is 12.6. The Balaban J connectivity index is 1.77. The second-order valence-electron chi connectivity index (χ2n) is 5.87. The van der Waals surface area contributed by atoms with Gasteiger partial charge in [-0.25, -0.2) is 9.97 Å². The number of nitrogens with one attached hydrogen (secondary N) is 1. The second kappa shape index (κ2) is 8.05. The van der Waals surface area contributed by atoms with Gasteiger partial charge in [0, 0.05) is 6.54 Å². The van der Waals surface area contributed by atoms with Gasteiger partial charge in [0.05, 0.1) is 23.1 Å². The number of benzene rings is 1. The highest BCUT2D eigenvalue weighted by atomic mass is 32.2. The van der Waals surface area contributed by atoms with Crippen molar-refractivity contribution >= 4 is 17.7 Å². The predicted molar refractivity (Wildman–Crippen MR) is 98.9 cm³/mol. The molecule has 0 aliphatic rings. The van der Waals surface area contributed by atoms with E-state index in [-0.39, 0.29) is 6.54 Å². The van der Waals surface area contributed by atoms with Crippen molar-refractivity contribution in [1.82, 2.24) is 15.3 Å². The van der Waals surface area contributed by atoms with Crippen LogP contribution in [0.25, 0.3) is 11.6 Å². The van der Waals surface area contributed by atoms with E-state index in [0.29, 0.717) is 33.4 Å². The predicted octanol–water partition coefficient (Wildman–Crippen LogP) is 4.72. The molecule has 5 nitrogen and oxygen atoms in total. The molecule has 0 fully saturated rings. The molecule has 3 aromatic rings. The molecule has 1 aromatic carbocycles. The van der Waals surface area contributed by atoms with Crippen molar-refractivity contribution in [3.8, 4) is 11.6 Å². The zero-order valence-electron chi connectivity index (χ0n) is 15.0. The number of thioether (sulfide) groups is 1. The summed E-state index contributed by atoms with van der Waals surface area (Å²) in [7, 11) is 0. The van der Waals surface area contributed by atoms with Gasteiger partial charge in [0.1, 0.15) is 5.03 Å². The summed E-state index contributed by atoms with van der Waals surface area (Å²) in [4.78, 5) is 21.4. The van der Waals surface area contributed by atoms with E-state index in [1.54, 1.807) is 25.3 Å². The first-order valence-corrected chi connectivity index (χ1v) is 9.43. The number of furan rings is 1. The summed E-state index contributed by atoms with van der Waals surface area (Å²) >= 11 is 1.30. The second-order valence-corrected chi connectivity index (χ2v) is 6.67. The Morgan fingerprint density at radius 2 is 1.89 bits per heavy atom. The lowest BCUT2D eigenvalue weighted by Crippen LogP contribution is -2.25. The fraction of sp³-hybridized carbons (Fsp3) is 0.211. The molecule has 0 saturated carbocycles. The maximum absolute atomic E-state index is 12.6. The summed E-state index contributed by atoms with van der Waals surface area (Å²) in [6.45, 7) is 1.78. The summed E-state index contributed by atoms with van der Waals surface area (Å²) in [5, 5.41) is 3.20. The molecule has 0 atom stereocenters. The SMILES string of the molecule is CSc1nc(-c2ccco2)nc(C)c1C(=O)NCc1ccc(C(F)(F)F)cc1. The van der Waals surface area contributed by atoms with E-state index in [2.05, 4.69) is 15.3 Å². The molecule has 0 spiro atoms. The highest BCUT2D eigenvalue weighted by Crippen LogP contribution is 2.29. The van der Waals surface area contributed by atoms with Crippen molar-refractivity contribution in [2.75, 3.05) is 6.26 Å². The number of nitrogens with zero attached hydrogens (tertiary/aromatic N) is 2. The Labute approximate surface area is 163 Å². The zero-order valence-corrected chi connectivity index (χ0v) is 15.8. The van der Waals surface area contributed by atoms with E-state index in [4.69, 9.17) is 4.42 Å². The highest BCUT2D eigenvalue weighted by molar-refractivity contribution is 7.98. The van der Waals surface area contributed by atoms with Gasteiger partial charge in [-0.05, 0) is 43.0 Å². The first-order valence-electron chi connectivity index (χ1n) is 8.20. The van der Waals surface area contributed by atoms with Crippen LogP contribution < -0.4 is 5.32 Å². The number of halogens is 3. The fourth-order valence-electron chi connectivity index (χ4n) is 2.55. The fourth-order valence-corrected chi connectivity index (χ4v) is 3.18. The highest BCUT2D eigenvalue weighted by Gasteiger charge is 2.30. The summed E-state index contributed by atoms with van der Waals surface area (Å²) < 4.78 is 43.2. The molecule has 0 unspecified atom stereocenters. The molecule has 2 heterocycles. The summed E-state index contributed by atoms with van der Waals surface area (Å²) in [5.41, 5.74) is 0.633. The quantitative estimate of drug-likeness (QED) is 0.490. The van der Waals surface area contributed by atoms with Gasteiger partial charge < -0.3 is 9.73 Å². The van der Waals surface area contributed by atoms with Gasteiger partial charge in [-0.15, -0.1) is 11.8 Å². The maximum Gasteiger partial charge on any atom is 0.416 e. The Hall–Kier alpha value is -2.81. The third kappa shape index (κ3) is 4.36. The lowest BCUT2D eigenvalue weighted by molar-refractivity contribution is -0.137. The molecule has 0 bridgehead atoms. The van der Waals surface area contributed by atoms with Crippen LogP contribution in [-0.4, -0.2) is 22.1 Å². The van der Waals surface area contributed by atoms with Crippen molar-refractivity contribution < 1.29 is 22.4 Å². The lowest BCUT2D eigenvalue weighted by Gasteiger charge is -2.12. The monoisotopic (exact) mass is 407 g/mol. The minimum Gasteiger partial charge on any atom is -0.461 e. The van der Waals surface area contributed by atoms with Crippen LogP contribution in [0.3, 0.4) is 0 Å². The van der Waals surface area contributed by atoms with Gasteiger partial charge in [-0.3, -0.25) is 4.79 Å². The number of aromatic nitrogens is 2. The average molecular weight is 407 g/mol. The summed E-state index contributed by atoms with van der Waals surface area (Å²) in [5.74, 6) is 0.481. The molecule has 0 aliphatic heterocycles. The van der Waals surface area contributed by atoms with Crippen LogP contribution in [0.2, 0.25) is 0 Å². The number of aryl methyl sites for hydroxylation is 1. The van der Waals surface area contributed by atoms with Crippen molar-refractivity contribution in [2.45, 2.75) is 24.7 Å². The van der Waals surface area contributed by atoms with Gasteiger partial charge in [0.25, 0.3) is 5.91 Å². The Kier molecular flexibility index (Phi) is 5.73. The van der Waals surface area contributed by atoms with Gasteiger partial charge >= 0.3 is 6.18 Å². The number of rotatable bonds is 5. The molecule has 0 saturated heterocycles. The Bertz CT molecular complexity index is 971. The third-order valence-electron chi connectivity index (χ3n) is 3.95. The topological polar surface area (TPSA) is 68.0 Å². The molecule has 1 N–H and O–H groups in total. The molecule has 2 aromatic heterocycles. The van der Waals surface area contributed by atoms with E-state index in [1.807, 2.05) is 0 Å². The third-order valence-corrected chi connectivity index (χ3v) is 4.64. The van der Waals surface area contributed by atoms with Crippen LogP contribution in [0.5, 0.6) is 0 Å². The molecule has 3 rings (SSSR count). The van der Waals surface area contributed by atoms with Crippen molar-refractivity contribution in [3.05, 3.63) is 65.0 Å². The van der Waals surface area contributed by atoms with Crippen molar-refractivity contribution in [3.63, 3.8) is 0 Å². The Morgan fingerprint density at radius 3 is 2.46 bits per heavy atom. The van der Waals surface area contributed by atoms with Crippen molar-refractivity contribution in [2.24, 2.45) is 0 Å². The molecular formula is C19H16F3N3O2S. The number of hydrogen-bond donors (Lipinski definition) is 1. The van der Waals surface area contributed by atoms with Gasteiger partial charge in [0.2, 0.25) is 0 Å². The van der Waals surface area contributed by atoms with E-state index >= 15 is 0 Å². The molecule has 146 valence electrons. The number of carbonyl (C=O) groups excluding carboxylic acids is 1.